The molecule has 0 atom stereocenters. The van der Waals surface area contributed by atoms with Crippen LogP contribution < -0.4 is 5.32 Å². The smallest absolute Gasteiger partial charge is 0.412 e. The van der Waals surface area contributed by atoms with Gasteiger partial charge in [-0.2, -0.15) is 4.98 Å². The van der Waals surface area contributed by atoms with Crippen molar-refractivity contribution in [3.05, 3.63) is 16.7 Å². The molecule has 72 valence electrons. The summed E-state index contributed by atoms with van der Waals surface area (Å²) in [7, 11) is 0. The van der Waals surface area contributed by atoms with Gasteiger partial charge >= 0.3 is 12.1 Å². The molecule has 0 saturated heterocycles. The highest BCUT2D eigenvalue weighted by Crippen LogP contribution is 2.19. The van der Waals surface area contributed by atoms with Crippen molar-refractivity contribution in [1.29, 1.82) is 0 Å². The second kappa shape index (κ2) is 3.26. The summed E-state index contributed by atoms with van der Waals surface area (Å²) >= 11 is 3.16. The molecule has 0 unspecified atom stereocenters. The normalized spacial score (nSPS) is 10.4. The predicted octanol–water partition coefficient (Wildman–Crippen LogP) is 2.08. The van der Waals surface area contributed by atoms with E-state index in [-0.39, 0.29) is 6.01 Å². The minimum absolute atomic E-state index is 0.0851. The van der Waals surface area contributed by atoms with Crippen LogP contribution in [0.1, 0.15) is 0 Å². The zero-order valence-corrected chi connectivity index (χ0v) is 8.28. The van der Waals surface area contributed by atoms with Crippen molar-refractivity contribution in [3.63, 3.8) is 0 Å². The van der Waals surface area contributed by atoms with Gasteiger partial charge in [-0.3, -0.25) is 0 Å². The number of nitrogens with one attached hydrogen (secondary N) is 1. The fourth-order valence-corrected chi connectivity index (χ4v) is 1.24. The number of hydrogen-bond acceptors (Lipinski definition) is 4. The van der Waals surface area contributed by atoms with Gasteiger partial charge in [0.05, 0.1) is 0 Å². The van der Waals surface area contributed by atoms with Gasteiger partial charge in [0.2, 0.25) is 5.65 Å². The number of halogens is 1. The summed E-state index contributed by atoms with van der Waals surface area (Å²) in [5.74, 6) is 0. The lowest BCUT2D eigenvalue weighted by Crippen LogP contribution is -2.06. The molecule has 6 nitrogen and oxygen atoms in total. The first-order chi connectivity index (χ1) is 6.65. The van der Waals surface area contributed by atoms with E-state index in [2.05, 4.69) is 25.9 Å². The van der Waals surface area contributed by atoms with Gasteiger partial charge in [0, 0.05) is 0 Å². The van der Waals surface area contributed by atoms with Gasteiger partial charge < -0.3 is 9.52 Å². The molecule has 0 spiro atoms. The topological polar surface area (TPSA) is 88.2 Å². The molecule has 0 aliphatic carbocycles. The second-order valence-corrected chi connectivity index (χ2v) is 3.22. The Morgan fingerprint density at radius 3 is 3.00 bits per heavy atom. The standard InChI is InChI=1S/C7H4BrN3O3/c8-4-2-1-3-5(9-4)10-6(14-3)11-7(12)13/h1-2H,(H,12,13)(H,9,10,11). The molecular formula is C7H4BrN3O3. The first-order valence-electron chi connectivity index (χ1n) is 3.58. The van der Waals surface area contributed by atoms with Crippen molar-refractivity contribution in [2.75, 3.05) is 5.32 Å². The fourth-order valence-electron chi connectivity index (χ4n) is 0.940. The maximum absolute atomic E-state index is 10.3. The van der Waals surface area contributed by atoms with E-state index in [1.54, 1.807) is 12.1 Å². The van der Waals surface area contributed by atoms with Crippen molar-refractivity contribution >= 4 is 39.3 Å². The number of oxazole rings is 1. The monoisotopic (exact) mass is 257 g/mol. The van der Waals surface area contributed by atoms with Crippen LogP contribution in [0.25, 0.3) is 11.2 Å². The van der Waals surface area contributed by atoms with E-state index < -0.39 is 6.09 Å². The number of pyridine rings is 1. The van der Waals surface area contributed by atoms with Crippen LogP contribution in [0.4, 0.5) is 10.8 Å². The van der Waals surface area contributed by atoms with E-state index in [4.69, 9.17) is 9.52 Å². The molecule has 0 radical (unpaired) electrons. The van der Waals surface area contributed by atoms with Crippen molar-refractivity contribution in [1.82, 2.24) is 9.97 Å². The Kier molecular flexibility index (Phi) is 2.08. The van der Waals surface area contributed by atoms with Gasteiger partial charge in [0.15, 0.2) is 5.58 Å². The van der Waals surface area contributed by atoms with E-state index in [1.807, 2.05) is 5.32 Å². The van der Waals surface area contributed by atoms with Gasteiger partial charge in [-0.25, -0.2) is 15.1 Å². The van der Waals surface area contributed by atoms with Gasteiger partial charge in [-0.15, -0.1) is 0 Å². The summed E-state index contributed by atoms with van der Waals surface area (Å²) in [6.45, 7) is 0. The predicted molar refractivity (Wildman–Crippen MR) is 51.2 cm³/mol. The Morgan fingerprint density at radius 1 is 1.50 bits per heavy atom. The molecule has 2 N–H and O–H groups in total. The average molecular weight is 258 g/mol. The van der Waals surface area contributed by atoms with Crippen LogP contribution in [0.15, 0.2) is 21.2 Å². The molecular weight excluding hydrogens is 254 g/mol. The molecule has 2 rings (SSSR count). The van der Waals surface area contributed by atoms with Crippen molar-refractivity contribution < 1.29 is 14.3 Å². The van der Waals surface area contributed by atoms with Crippen molar-refractivity contribution in [2.24, 2.45) is 0 Å². The minimum atomic E-state index is -1.23. The number of carboxylic acid groups (broad SMARTS) is 1. The summed E-state index contributed by atoms with van der Waals surface area (Å²) in [6.07, 6.45) is -1.23. The summed E-state index contributed by atoms with van der Waals surface area (Å²) in [5.41, 5.74) is 0.778. The lowest BCUT2D eigenvalue weighted by molar-refractivity contribution is 0.209. The number of rotatable bonds is 1. The van der Waals surface area contributed by atoms with E-state index in [1.165, 1.54) is 0 Å². The van der Waals surface area contributed by atoms with E-state index in [9.17, 15) is 4.79 Å². The lowest BCUT2D eigenvalue weighted by atomic mass is 10.5. The number of fused-ring (bicyclic) bond motifs is 1. The Hall–Kier alpha value is -1.63. The molecule has 2 heterocycles. The van der Waals surface area contributed by atoms with Crippen LogP contribution in [0.5, 0.6) is 0 Å². The van der Waals surface area contributed by atoms with Crippen LogP contribution in [0, 0.1) is 0 Å². The molecule has 0 bridgehead atoms. The molecule has 7 heteroatoms. The van der Waals surface area contributed by atoms with Crippen molar-refractivity contribution in [2.45, 2.75) is 0 Å². The van der Waals surface area contributed by atoms with E-state index in [0.29, 0.717) is 15.8 Å². The summed E-state index contributed by atoms with van der Waals surface area (Å²) in [6, 6.07) is 3.24. The Balaban J connectivity index is 2.46. The molecule has 0 aromatic carbocycles. The summed E-state index contributed by atoms with van der Waals surface area (Å²) in [4.78, 5) is 18.1. The first kappa shape index (κ1) is 8.95. The molecule has 2 aromatic heterocycles. The quantitative estimate of drug-likeness (QED) is 0.764. The number of aromatic nitrogens is 2. The number of anilines is 1. The Morgan fingerprint density at radius 2 is 2.29 bits per heavy atom. The molecule has 0 fully saturated rings. The molecule has 14 heavy (non-hydrogen) atoms. The third-order valence-corrected chi connectivity index (χ3v) is 1.87. The molecule has 0 aliphatic rings. The summed E-state index contributed by atoms with van der Waals surface area (Å²) in [5, 5.41) is 10.4. The minimum Gasteiger partial charge on any atom is -0.465 e. The van der Waals surface area contributed by atoms with Crippen LogP contribution in [0.2, 0.25) is 0 Å². The highest BCUT2D eigenvalue weighted by molar-refractivity contribution is 9.10. The van der Waals surface area contributed by atoms with E-state index in [0.717, 1.165) is 0 Å². The van der Waals surface area contributed by atoms with Gasteiger partial charge in [-0.1, -0.05) is 0 Å². The van der Waals surface area contributed by atoms with Crippen LogP contribution in [-0.2, 0) is 0 Å². The number of carbonyl (C=O) groups is 1. The maximum Gasteiger partial charge on any atom is 0.412 e. The first-order valence-corrected chi connectivity index (χ1v) is 4.37. The molecule has 2 aromatic rings. The van der Waals surface area contributed by atoms with Crippen molar-refractivity contribution in [3.8, 4) is 0 Å². The van der Waals surface area contributed by atoms with Gasteiger partial charge in [0.1, 0.15) is 4.60 Å². The number of nitrogens with zero attached hydrogens (tertiary/aromatic N) is 2. The third-order valence-electron chi connectivity index (χ3n) is 1.43. The van der Waals surface area contributed by atoms with E-state index >= 15 is 0 Å². The maximum atomic E-state index is 10.3. The third kappa shape index (κ3) is 1.67. The van der Waals surface area contributed by atoms with Crippen LogP contribution in [0.3, 0.4) is 0 Å². The highest BCUT2D eigenvalue weighted by atomic mass is 79.9. The number of hydrogen-bond donors (Lipinski definition) is 2. The SMILES string of the molecule is O=C(O)Nc1nc2nc(Br)ccc2o1. The molecule has 0 saturated carbocycles. The average Bonchev–Trinajstić information content (AvgIpc) is 2.44. The zero-order chi connectivity index (χ0) is 10.1. The largest absolute Gasteiger partial charge is 0.465 e. The summed E-state index contributed by atoms with van der Waals surface area (Å²) < 4.78 is 5.66. The second-order valence-electron chi connectivity index (χ2n) is 2.40. The molecule has 0 aliphatic heterocycles. The highest BCUT2D eigenvalue weighted by Gasteiger charge is 2.08. The fraction of sp³-hybridized carbons (Fsp3) is 0. The lowest BCUT2D eigenvalue weighted by Gasteiger charge is -1.88. The number of amides is 1. The van der Waals surface area contributed by atoms with Gasteiger partial charge in [0.25, 0.3) is 0 Å². The molecule has 1 amide bonds. The van der Waals surface area contributed by atoms with Crippen LogP contribution >= 0.6 is 15.9 Å². The zero-order valence-electron chi connectivity index (χ0n) is 6.69. The van der Waals surface area contributed by atoms with Crippen LogP contribution in [-0.4, -0.2) is 21.2 Å². The van der Waals surface area contributed by atoms with Gasteiger partial charge in [-0.05, 0) is 28.1 Å². The Labute approximate surface area is 86.1 Å². The Bertz CT molecular complexity index is 496.